The SMILES string of the molecule is CCOC(=O)c1c(NS(=O)(=O)c2ccccc2[N+](=O)[O-])sc(C(C)=O)c1C. The zero-order valence-corrected chi connectivity index (χ0v) is 16.3. The lowest BCUT2D eigenvalue weighted by atomic mass is 10.1. The highest BCUT2D eigenvalue weighted by Gasteiger charge is 2.30. The van der Waals surface area contributed by atoms with Gasteiger partial charge in [0.25, 0.3) is 15.7 Å². The molecule has 0 radical (unpaired) electrons. The fourth-order valence-electron chi connectivity index (χ4n) is 2.38. The lowest BCUT2D eigenvalue weighted by molar-refractivity contribution is -0.387. The van der Waals surface area contributed by atoms with Crippen LogP contribution in [0, 0.1) is 17.0 Å². The minimum atomic E-state index is -4.39. The highest BCUT2D eigenvalue weighted by molar-refractivity contribution is 7.93. The number of benzene rings is 1. The molecule has 0 unspecified atom stereocenters. The Bertz CT molecular complexity index is 1030. The van der Waals surface area contributed by atoms with E-state index < -0.39 is 31.5 Å². The number of rotatable bonds is 7. The first kappa shape index (κ1) is 20.5. The zero-order chi connectivity index (χ0) is 20.4. The summed E-state index contributed by atoms with van der Waals surface area (Å²) in [6.45, 7) is 4.43. The van der Waals surface area contributed by atoms with Gasteiger partial charge in [-0.2, -0.15) is 0 Å². The summed E-state index contributed by atoms with van der Waals surface area (Å²) in [4.78, 5) is 34.0. The van der Waals surface area contributed by atoms with Crippen LogP contribution in [0.1, 0.15) is 39.4 Å². The van der Waals surface area contributed by atoms with Crippen LogP contribution in [0.5, 0.6) is 0 Å². The number of nitro groups is 1. The van der Waals surface area contributed by atoms with Gasteiger partial charge in [0.15, 0.2) is 10.7 Å². The molecule has 0 fully saturated rings. The third-order valence-electron chi connectivity index (χ3n) is 3.52. The van der Waals surface area contributed by atoms with Gasteiger partial charge >= 0.3 is 5.97 Å². The van der Waals surface area contributed by atoms with Crippen LogP contribution >= 0.6 is 11.3 Å². The van der Waals surface area contributed by atoms with Gasteiger partial charge < -0.3 is 4.74 Å². The van der Waals surface area contributed by atoms with E-state index in [0.29, 0.717) is 0 Å². The average Bonchev–Trinajstić information content (AvgIpc) is 2.90. The molecule has 0 aliphatic carbocycles. The molecule has 1 aromatic heterocycles. The molecule has 27 heavy (non-hydrogen) atoms. The molecule has 0 bridgehead atoms. The van der Waals surface area contributed by atoms with Crippen LogP contribution in [-0.2, 0) is 14.8 Å². The summed E-state index contributed by atoms with van der Waals surface area (Å²) in [5.74, 6) is -1.14. The maximum atomic E-state index is 12.7. The van der Waals surface area contributed by atoms with Crippen LogP contribution in [0.15, 0.2) is 29.2 Å². The summed E-state index contributed by atoms with van der Waals surface area (Å²) in [6, 6.07) is 4.82. The fraction of sp³-hybridized carbons (Fsp3) is 0.250. The van der Waals surface area contributed by atoms with Gasteiger partial charge in [-0.3, -0.25) is 19.6 Å². The smallest absolute Gasteiger partial charge is 0.341 e. The molecular formula is C16H16N2O7S2. The second kappa shape index (κ2) is 7.84. The van der Waals surface area contributed by atoms with Crippen molar-refractivity contribution in [2.24, 2.45) is 0 Å². The van der Waals surface area contributed by atoms with Gasteiger partial charge in [0.05, 0.1) is 22.0 Å². The molecule has 0 saturated carbocycles. The number of Topliss-reactive ketones (excluding diaryl/α,β-unsaturated/α-hetero) is 1. The molecule has 2 aromatic rings. The number of carbonyl (C=O) groups excluding carboxylic acids is 2. The molecule has 2 rings (SSSR count). The van der Waals surface area contributed by atoms with Crippen molar-refractivity contribution < 1.29 is 27.7 Å². The summed E-state index contributed by atoms with van der Waals surface area (Å²) in [7, 11) is -4.39. The molecule has 1 heterocycles. The number of sulfonamides is 1. The van der Waals surface area contributed by atoms with Gasteiger partial charge in [-0.15, -0.1) is 11.3 Å². The molecule has 0 spiro atoms. The van der Waals surface area contributed by atoms with Crippen molar-refractivity contribution in [1.29, 1.82) is 0 Å². The van der Waals surface area contributed by atoms with Crippen molar-refractivity contribution in [1.82, 2.24) is 0 Å². The van der Waals surface area contributed by atoms with Crippen LogP contribution in [0.25, 0.3) is 0 Å². The Labute approximate surface area is 159 Å². The number of ether oxygens (including phenoxy) is 1. The summed E-state index contributed by atoms with van der Waals surface area (Å²) in [5.41, 5.74) is -0.414. The number of hydrogen-bond donors (Lipinski definition) is 1. The van der Waals surface area contributed by atoms with Crippen molar-refractivity contribution in [2.45, 2.75) is 25.7 Å². The highest BCUT2D eigenvalue weighted by Crippen LogP contribution is 2.36. The van der Waals surface area contributed by atoms with E-state index in [1.165, 1.54) is 26.0 Å². The number of nitrogens with zero attached hydrogens (tertiary/aromatic N) is 1. The van der Waals surface area contributed by atoms with Crippen LogP contribution in [0.4, 0.5) is 10.7 Å². The van der Waals surface area contributed by atoms with Gasteiger partial charge in [0.1, 0.15) is 5.00 Å². The molecule has 1 aromatic carbocycles. The Hall–Kier alpha value is -2.79. The number of thiophene rings is 1. The third kappa shape index (κ3) is 4.14. The number of hydrogen-bond acceptors (Lipinski definition) is 8. The third-order valence-corrected chi connectivity index (χ3v) is 6.36. The number of ketones is 1. The number of esters is 1. The topological polar surface area (TPSA) is 133 Å². The molecule has 0 atom stereocenters. The van der Waals surface area contributed by atoms with Crippen molar-refractivity contribution in [2.75, 3.05) is 11.3 Å². The summed E-state index contributed by atoms with van der Waals surface area (Å²) >= 11 is 0.774. The fourth-order valence-corrected chi connectivity index (χ4v) is 4.95. The van der Waals surface area contributed by atoms with E-state index in [-0.39, 0.29) is 33.4 Å². The zero-order valence-electron chi connectivity index (χ0n) is 14.6. The quantitative estimate of drug-likeness (QED) is 0.320. The molecule has 1 N–H and O–H groups in total. The Morgan fingerprint density at radius 1 is 1.30 bits per heavy atom. The first-order chi connectivity index (χ1) is 12.6. The lowest BCUT2D eigenvalue weighted by Crippen LogP contribution is -2.16. The molecule has 144 valence electrons. The van der Waals surface area contributed by atoms with E-state index in [4.69, 9.17) is 4.74 Å². The van der Waals surface area contributed by atoms with E-state index >= 15 is 0 Å². The Morgan fingerprint density at radius 3 is 2.48 bits per heavy atom. The van der Waals surface area contributed by atoms with Crippen molar-refractivity contribution in [3.63, 3.8) is 0 Å². The molecule has 11 heteroatoms. The van der Waals surface area contributed by atoms with E-state index in [9.17, 15) is 28.1 Å². The predicted octanol–water partition coefficient (Wildman–Crippen LogP) is 3.14. The monoisotopic (exact) mass is 412 g/mol. The van der Waals surface area contributed by atoms with Gasteiger partial charge in [-0.1, -0.05) is 12.1 Å². The van der Waals surface area contributed by atoms with E-state index in [2.05, 4.69) is 4.72 Å². The van der Waals surface area contributed by atoms with Crippen LogP contribution in [0.2, 0.25) is 0 Å². The number of anilines is 1. The second-order valence-electron chi connectivity index (χ2n) is 5.37. The largest absolute Gasteiger partial charge is 0.462 e. The maximum Gasteiger partial charge on any atom is 0.341 e. The molecular weight excluding hydrogens is 396 g/mol. The van der Waals surface area contributed by atoms with Crippen molar-refractivity contribution in [3.05, 3.63) is 50.4 Å². The normalized spacial score (nSPS) is 11.1. The Kier molecular flexibility index (Phi) is 5.96. The van der Waals surface area contributed by atoms with E-state index in [0.717, 1.165) is 23.5 Å². The van der Waals surface area contributed by atoms with Crippen LogP contribution < -0.4 is 4.72 Å². The van der Waals surface area contributed by atoms with E-state index in [1.54, 1.807) is 6.92 Å². The molecule has 0 aliphatic heterocycles. The highest BCUT2D eigenvalue weighted by atomic mass is 32.2. The van der Waals surface area contributed by atoms with Crippen molar-refractivity contribution in [3.8, 4) is 0 Å². The number of nitro benzene ring substituents is 1. The van der Waals surface area contributed by atoms with Gasteiger partial charge in [-0.05, 0) is 32.4 Å². The van der Waals surface area contributed by atoms with Crippen molar-refractivity contribution >= 4 is 43.8 Å². The molecule has 0 amide bonds. The molecule has 0 saturated heterocycles. The minimum Gasteiger partial charge on any atom is -0.462 e. The lowest BCUT2D eigenvalue weighted by Gasteiger charge is -2.09. The standard InChI is InChI=1S/C16H16N2O7S2/c1-4-25-16(20)13-9(2)14(10(3)19)26-15(13)17-27(23,24)12-8-6-5-7-11(12)18(21)22/h5-8,17H,4H2,1-3H3. The Balaban J connectivity index is 2.59. The second-order valence-corrected chi connectivity index (χ2v) is 8.04. The predicted molar refractivity (Wildman–Crippen MR) is 98.9 cm³/mol. The average molecular weight is 412 g/mol. The molecule has 9 nitrogen and oxygen atoms in total. The Morgan fingerprint density at radius 2 is 1.93 bits per heavy atom. The molecule has 0 aliphatic rings. The summed E-state index contributed by atoms with van der Waals surface area (Å²) in [6.07, 6.45) is 0. The number of para-hydroxylation sites is 1. The van der Waals surface area contributed by atoms with Gasteiger partial charge in [-0.25, -0.2) is 13.2 Å². The van der Waals surface area contributed by atoms with Crippen LogP contribution in [0.3, 0.4) is 0 Å². The first-order valence-corrected chi connectivity index (χ1v) is 9.97. The van der Waals surface area contributed by atoms with Gasteiger partial charge in [0.2, 0.25) is 0 Å². The maximum absolute atomic E-state index is 12.7. The minimum absolute atomic E-state index is 0.0554. The number of nitrogens with one attached hydrogen (secondary N) is 1. The summed E-state index contributed by atoms with van der Waals surface area (Å²) < 4.78 is 32.5. The van der Waals surface area contributed by atoms with E-state index in [1.807, 2.05) is 0 Å². The number of carbonyl (C=O) groups is 2. The van der Waals surface area contributed by atoms with Crippen LogP contribution in [-0.4, -0.2) is 31.7 Å². The summed E-state index contributed by atoms with van der Waals surface area (Å²) in [5, 5.41) is 11.0. The first-order valence-electron chi connectivity index (χ1n) is 7.67. The van der Waals surface area contributed by atoms with Gasteiger partial charge in [0, 0.05) is 6.07 Å².